The summed E-state index contributed by atoms with van der Waals surface area (Å²) < 4.78 is 33.6. The largest absolute Gasteiger partial charge is 0.394 e. The first kappa shape index (κ1) is 33.3. The predicted octanol–water partition coefficient (Wildman–Crippen LogP) is -1.49. The van der Waals surface area contributed by atoms with Gasteiger partial charge in [0.1, 0.15) is 36.6 Å². The van der Waals surface area contributed by atoms with Gasteiger partial charge in [-0.05, 0) is 0 Å². The number of thioether (sulfide) groups is 1. The van der Waals surface area contributed by atoms with Crippen molar-refractivity contribution in [2.75, 3.05) is 52.0 Å². The van der Waals surface area contributed by atoms with Crippen molar-refractivity contribution < 1.29 is 63.9 Å². The number of aliphatic hydroxyl groups excluding tert-OH is 6. The topological polar surface area (TPSA) is 194 Å². The van der Waals surface area contributed by atoms with Crippen LogP contribution < -0.4 is 0 Å². The number of carbonyl (C=O) groups is 1. The van der Waals surface area contributed by atoms with Gasteiger partial charge < -0.3 is 59.1 Å². The summed E-state index contributed by atoms with van der Waals surface area (Å²) in [6.07, 6.45) is -11.8. The first-order chi connectivity index (χ1) is 19.3. The summed E-state index contributed by atoms with van der Waals surface area (Å²) in [4.78, 5) is 12.0. The molecule has 0 spiro atoms. The number of hydrogen-bond donors (Lipinski definition) is 6. The van der Waals surface area contributed by atoms with Crippen molar-refractivity contribution in [3.8, 4) is 0 Å². The molecule has 0 aliphatic carbocycles. The highest BCUT2D eigenvalue weighted by Crippen LogP contribution is 2.32. The van der Waals surface area contributed by atoms with Gasteiger partial charge in [-0.25, -0.2) is 0 Å². The lowest BCUT2D eigenvalue weighted by Crippen LogP contribution is -2.63. The van der Waals surface area contributed by atoms with E-state index in [2.05, 4.69) is 0 Å². The van der Waals surface area contributed by atoms with Crippen LogP contribution in [-0.2, 0) is 28.4 Å². The summed E-state index contributed by atoms with van der Waals surface area (Å²) in [6.45, 7) is 1.89. The van der Waals surface area contributed by atoms with Gasteiger partial charge >= 0.3 is 0 Å². The van der Waals surface area contributed by atoms with Gasteiger partial charge in [0.2, 0.25) is 5.12 Å². The second-order valence-corrected chi connectivity index (χ2v) is 10.5. The Kier molecular flexibility index (Phi) is 14.2. The Morgan fingerprint density at radius 3 is 2.08 bits per heavy atom. The van der Waals surface area contributed by atoms with Crippen molar-refractivity contribution in [2.45, 2.75) is 62.2 Å². The molecule has 2 aliphatic rings. The summed E-state index contributed by atoms with van der Waals surface area (Å²) in [5.41, 5.74) is 0.652. The van der Waals surface area contributed by atoms with Crippen LogP contribution in [0.1, 0.15) is 17.3 Å². The van der Waals surface area contributed by atoms with Crippen LogP contribution in [0.2, 0.25) is 0 Å². The third kappa shape index (κ3) is 9.13. The van der Waals surface area contributed by atoms with Gasteiger partial charge in [-0.2, -0.15) is 0 Å². The van der Waals surface area contributed by atoms with Crippen LogP contribution in [0.3, 0.4) is 0 Å². The Balaban J connectivity index is 1.35. The molecule has 14 heteroatoms. The van der Waals surface area contributed by atoms with E-state index in [1.54, 1.807) is 19.1 Å². The van der Waals surface area contributed by atoms with Crippen LogP contribution >= 0.6 is 11.8 Å². The maximum atomic E-state index is 12.0. The molecule has 0 amide bonds. The summed E-state index contributed by atoms with van der Waals surface area (Å²) in [5.74, 6) is -0.0811. The molecule has 2 heterocycles. The van der Waals surface area contributed by atoms with Crippen molar-refractivity contribution in [1.82, 2.24) is 0 Å². The molecule has 40 heavy (non-hydrogen) atoms. The Bertz CT molecular complexity index is 862. The first-order valence-electron chi connectivity index (χ1n) is 13.2. The summed E-state index contributed by atoms with van der Waals surface area (Å²) in [5, 5.41) is 60.0. The molecule has 0 aromatic heterocycles. The van der Waals surface area contributed by atoms with E-state index in [0.29, 0.717) is 31.1 Å². The van der Waals surface area contributed by atoms with Crippen LogP contribution in [0.15, 0.2) is 30.3 Å². The minimum absolute atomic E-state index is 0.00598. The van der Waals surface area contributed by atoms with E-state index >= 15 is 0 Å². The van der Waals surface area contributed by atoms with Gasteiger partial charge in [0.05, 0.1) is 52.4 Å². The van der Waals surface area contributed by atoms with E-state index in [0.717, 1.165) is 0 Å². The number of aliphatic hydroxyl groups is 6. The van der Waals surface area contributed by atoms with E-state index in [1.807, 2.05) is 18.2 Å². The molecule has 0 radical (unpaired) electrons. The SMILES string of the molecule is CC1[C@H](OCCOCCOCCSC(=O)c2ccccc2)OC(CO)[C@H](O)[C@@H]1O[C@H]1OC(CO)[C@H](O)[C@H](O)C1O. The van der Waals surface area contributed by atoms with Crippen LogP contribution in [0, 0.1) is 5.92 Å². The fourth-order valence-corrected chi connectivity index (χ4v) is 5.02. The maximum absolute atomic E-state index is 12.0. The zero-order valence-corrected chi connectivity index (χ0v) is 23.1. The molecule has 1 aromatic carbocycles. The molecular weight excluding hydrogens is 552 g/mol. The van der Waals surface area contributed by atoms with E-state index in [1.165, 1.54) is 11.8 Å². The second-order valence-electron chi connectivity index (χ2n) is 9.47. The van der Waals surface area contributed by atoms with Gasteiger partial charge in [-0.1, -0.05) is 49.0 Å². The smallest absolute Gasteiger partial charge is 0.219 e. The minimum atomic E-state index is -1.65. The number of ether oxygens (including phenoxy) is 6. The summed E-state index contributed by atoms with van der Waals surface area (Å²) in [7, 11) is 0. The Hall–Kier alpha value is -1.24. The Morgan fingerprint density at radius 1 is 0.800 bits per heavy atom. The highest BCUT2D eigenvalue weighted by atomic mass is 32.2. The molecular formula is C26H40O13S. The Labute approximate surface area is 236 Å². The molecule has 0 bridgehead atoms. The van der Waals surface area contributed by atoms with Gasteiger partial charge in [-0.3, -0.25) is 4.79 Å². The number of benzene rings is 1. The lowest BCUT2D eigenvalue weighted by Gasteiger charge is -2.46. The molecule has 2 aliphatic heterocycles. The normalized spacial score (nSPS) is 34.6. The standard InChI is InChI=1S/C26H40O13S/c1-15-23(39-26-22(32)21(31)19(29)17(13-27)38-26)20(30)18(14-28)37-25(15)36-10-9-34-7-8-35-11-12-40-24(33)16-5-3-2-4-6-16/h2-6,15,17-23,25-32H,7-14H2,1H3/t15?,17?,18?,19-,20-,21-,22?,23+,25+,26+/m0/s1. The summed E-state index contributed by atoms with van der Waals surface area (Å²) >= 11 is 1.19. The molecule has 13 nitrogen and oxygen atoms in total. The predicted molar refractivity (Wildman–Crippen MR) is 140 cm³/mol. The molecule has 1 aromatic rings. The number of carbonyl (C=O) groups excluding carboxylic acids is 1. The monoisotopic (exact) mass is 592 g/mol. The number of hydrogen-bond acceptors (Lipinski definition) is 14. The molecule has 0 saturated carbocycles. The van der Waals surface area contributed by atoms with Gasteiger partial charge in [0, 0.05) is 17.2 Å². The average molecular weight is 593 g/mol. The fourth-order valence-electron chi connectivity index (χ4n) is 4.33. The van der Waals surface area contributed by atoms with Crippen LogP contribution in [0.25, 0.3) is 0 Å². The van der Waals surface area contributed by atoms with Crippen molar-refractivity contribution in [3.63, 3.8) is 0 Å². The fraction of sp³-hybridized carbons (Fsp3) is 0.731. The highest BCUT2D eigenvalue weighted by Gasteiger charge is 2.49. The molecule has 4 unspecified atom stereocenters. The zero-order chi connectivity index (χ0) is 29.1. The van der Waals surface area contributed by atoms with Crippen molar-refractivity contribution >= 4 is 16.9 Å². The van der Waals surface area contributed by atoms with E-state index < -0.39 is 74.4 Å². The lowest BCUT2D eigenvalue weighted by molar-refractivity contribution is -0.351. The molecule has 3 rings (SSSR count). The van der Waals surface area contributed by atoms with E-state index in [9.17, 15) is 35.4 Å². The third-order valence-electron chi connectivity index (χ3n) is 6.65. The van der Waals surface area contributed by atoms with Crippen LogP contribution in [0.5, 0.6) is 0 Å². The van der Waals surface area contributed by atoms with Crippen LogP contribution in [0.4, 0.5) is 0 Å². The van der Waals surface area contributed by atoms with Crippen LogP contribution in [-0.4, -0.2) is 143 Å². The quantitative estimate of drug-likeness (QED) is 0.129. The molecule has 228 valence electrons. The van der Waals surface area contributed by atoms with E-state index in [-0.39, 0.29) is 18.3 Å². The summed E-state index contributed by atoms with van der Waals surface area (Å²) in [6, 6.07) is 9.03. The highest BCUT2D eigenvalue weighted by molar-refractivity contribution is 8.14. The van der Waals surface area contributed by atoms with E-state index in [4.69, 9.17) is 28.4 Å². The molecule has 2 fully saturated rings. The van der Waals surface area contributed by atoms with Gasteiger partial charge in [-0.15, -0.1) is 0 Å². The van der Waals surface area contributed by atoms with Crippen molar-refractivity contribution in [2.24, 2.45) is 5.92 Å². The molecule has 2 saturated heterocycles. The second kappa shape index (κ2) is 17.0. The van der Waals surface area contributed by atoms with Gasteiger partial charge in [0.25, 0.3) is 0 Å². The zero-order valence-electron chi connectivity index (χ0n) is 22.3. The first-order valence-corrected chi connectivity index (χ1v) is 14.2. The molecule has 6 N–H and O–H groups in total. The van der Waals surface area contributed by atoms with Crippen molar-refractivity contribution in [3.05, 3.63) is 35.9 Å². The third-order valence-corrected chi connectivity index (χ3v) is 7.51. The van der Waals surface area contributed by atoms with Gasteiger partial charge in [0.15, 0.2) is 12.6 Å². The Morgan fingerprint density at radius 2 is 1.40 bits per heavy atom. The maximum Gasteiger partial charge on any atom is 0.219 e. The van der Waals surface area contributed by atoms with Crippen molar-refractivity contribution in [1.29, 1.82) is 0 Å². The minimum Gasteiger partial charge on any atom is -0.394 e. The average Bonchev–Trinajstić information content (AvgIpc) is 2.97. The number of rotatable bonds is 15. The molecule has 10 atom stereocenters. The lowest BCUT2D eigenvalue weighted by atomic mass is 9.91.